The summed E-state index contributed by atoms with van der Waals surface area (Å²) in [5.41, 5.74) is 0. The van der Waals surface area contributed by atoms with Crippen LogP contribution in [0.3, 0.4) is 0 Å². The Bertz CT molecular complexity index is 465. The Morgan fingerprint density at radius 3 is 2.69 bits per heavy atom. The molecule has 0 unspecified atom stereocenters. The first kappa shape index (κ1) is 13.1. The van der Waals surface area contributed by atoms with Crippen LogP contribution >= 0.6 is 11.3 Å². The predicted molar refractivity (Wildman–Crippen MR) is 62.7 cm³/mol. The molecule has 0 aliphatic carbocycles. The smallest absolute Gasteiger partial charge is 0.249 e. The molecule has 0 bridgehead atoms. The van der Waals surface area contributed by atoms with Gasteiger partial charge in [-0.05, 0) is 19.2 Å². The van der Waals surface area contributed by atoms with Gasteiger partial charge < -0.3 is 5.32 Å². The topological polar surface area (TPSA) is 75.3 Å². The summed E-state index contributed by atoms with van der Waals surface area (Å²) in [6.07, 6.45) is 0.424. The van der Waals surface area contributed by atoms with Crippen molar-refractivity contribution in [2.24, 2.45) is 0 Å². The van der Waals surface area contributed by atoms with Gasteiger partial charge in [0, 0.05) is 11.3 Å². The van der Waals surface area contributed by atoms with Crippen LogP contribution in [0.15, 0.2) is 16.3 Å². The van der Waals surface area contributed by atoms with Crippen molar-refractivity contribution in [1.82, 2.24) is 10.0 Å². The highest BCUT2D eigenvalue weighted by Gasteiger charge is 2.14. The largest absolute Gasteiger partial charge is 0.351 e. The van der Waals surface area contributed by atoms with Gasteiger partial charge in [0.1, 0.15) is 4.21 Å². The minimum Gasteiger partial charge on any atom is -0.351 e. The third-order valence-electron chi connectivity index (χ3n) is 1.95. The molecule has 2 N–H and O–H groups in total. The van der Waals surface area contributed by atoms with Crippen LogP contribution in [0.5, 0.6) is 0 Å². The number of carbonyl (C=O) groups excluding carboxylic acids is 1. The minimum atomic E-state index is -3.37. The molecule has 0 atom stereocenters. The Labute approximate surface area is 98.9 Å². The van der Waals surface area contributed by atoms with Crippen molar-refractivity contribution in [3.8, 4) is 0 Å². The van der Waals surface area contributed by atoms with Gasteiger partial charge in [-0.25, -0.2) is 13.1 Å². The summed E-state index contributed by atoms with van der Waals surface area (Å²) in [6, 6.07) is 3.23. The van der Waals surface area contributed by atoms with Gasteiger partial charge in [0.25, 0.3) is 0 Å². The third-order valence-corrected chi connectivity index (χ3v) is 4.94. The Kier molecular flexibility index (Phi) is 4.45. The quantitative estimate of drug-likeness (QED) is 0.819. The van der Waals surface area contributed by atoms with Crippen LogP contribution in [0.4, 0.5) is 0 Å². The Morgan fingerprint density at radius 1 is 1.44 bits per heavy atom. The van der Waals surface area contributed by atoms with E-state index in [1.54, 1.807) is 13.0 Å². The molecule has 0 saturated carbocycles. The Hall–Kier alpha value is -0.920. The second kappa shape index (κ2) is 5.42. The van der Waals surface area contributed by atoms with E-state index < -0.39 is 10.0 Å². The number of hydrogen-bond donors (Lipinski definition) is 2. The number of sulfonamides is 1. The average molecular weight is 262 g/mol. The highest BCUT2D eigenvalue weighted by atomic mass is 32.2. The van der Waals surface area contributed by atoms with Crippen molar-refractivity contribution < 1.29 is 13.2 Å². The first-order valence-corrected chi connectivity index (χ1v) is 7.08. The highest BCUT2D eigenvalue weighted by molar-refractivity contribution is 7.91. The lowest BCUT2D eigenvalue weighted by atomic mass is 10.4. The molecule has 1 aromatic rings. The zero-order valence-electron chi connectivity index (χ0n) is 9.11. The maximum absolute atomic E-state index is 11.4. The van der Waals surface area contributed by atoms with Crippen LogP contribution in [0.2, 0.25) is 0 Å². The molecule has 0 spiro atoms. The van der Waals surface area contributed by atoms with Gasteiger partial charge in [0.15, 0.2) is 0 Å². The summed E-state index contributed by atoms with van der Waals surface area (Å²) in [4.78, 5) is 11.8. The SMILES string of the molecule is CCC(=O)NCc1ccc(S(=O)(=O)NC)s1. The van der Waals surface area contributed by atoms with Crippen LogP contribution in [0.1, 0.15) is 18.2 Å². The number of amides is 1. The van der Waals surface area contributed by atoms with Crippen molar-refractivity contribution in [3.63, 3.8) is 0 Å². The van der Waals surface area contributed by atoms with E-state index in [1.165, 1.54) is 13.1 Å². The van der Waals surface area contributed by atoms with E-state index in [-0.39, 0.29) is 10.1 Å². The summed E-state index contributed by atoms with van der Waals surface area (Å²) in [6.45, 7) is 2.14. The van der Waals surface area contributed by atoms with Gasteiger partial charge in [-0.15, -0.1) is 11.3 Å². The molecule has 1 rings (SSSR count). The molecule has 0 aliphatic rings. The van der Waals surface area contributed by atoms with Crippen LogP contribution in [-0.4, -0.2) is 21.4 Å². The van der Waals surface area contributed by atoms with E-state index in [0.717, 1.165) is 16.2 Å². The lowest BCUT2D eigenvalue weighted by Gasteiger charge is -2.00. The van der Waals surface area contributed by atoms with Gasteiger partial charge in [0.05, 0.1) is 6.54 Å². The van der Waals surface area contributed by atoms with Crippen molar-refractivity contribution >= 4 is 27.3 Å². The third kappa shape index (κ3) is 3.29. The molecule has 0 fully saturated rings. The van der Waals surface area contributed by atoms with Gasteiger partial charge in [-0.2, -0.15) is 0 Å². The summed E-state index contributed by atoms with van der Waals surface area (Å²) in [7, 11) is -2.00. The molecule has 5 nitrogen and oxygen atoms in total. The van der Waals surface area contributed by atoms with Gasteiger partial charge >= 0.3 is 0 Å². The second-order valence-electron chi connectivity index (χ2n) is 3.06. The molecule has 0 saturated heterocycles. The lowest BCUT2D eigenvalue weighted by molar-refractivity contribution is -0.120. The molecular formula is C9H14N2O3S2. The number of carbonyl (C=O) groups is 1. The fraction of sp³-hybridized carbons (Fsp3) is 0.444. The normalized spacial score (nSPS) is 11.4. The molecule has 1 amide bonds. The number of hydrogen-bond acceptors (Lipinski definition) is 4. The molecule has 90 valence electrons. The first-order chi connectivity index (χ1) is 7.49. The highest BCUT2D eigenvalue weighted by Crippen LogP contribution is 2.20. The molecule has 16 heavy (non-hydrogen) atoms. The van der Waals surface area contributed by atoms with E-state index in [2.05, 4.69) is 10.0 Å². The number of thiophene rings is 1. The summed E-state index contributed by atoms with van der Waals surface area (Å²) in [5, 5.41) is 2.69. The van der Waals surface area contributed by atoms with Crippen molar-refractivity contribution in [2.75, 3.05) is 7.05 Å². The van der Waals surface area contributed by atoms with E-state index in [1.807, 2.05) is 0 Å². The lowest BCUT2D eigenvalue weighted by Crippen LogP contribution is -2.20. The number of rotatable bonds is 5. The van der Waals surface area contributed by atoms with Crippen LogP contribution < -0.4 is 10.0 Å². The Morgan fingerprint density at radius 2 is 2.12 bits per heavy atom. The van der Waals surface area contributed by atoms with Gasteiger partial charge in [-0.3, -0.25) is 4.79 Å². The Balaban J connectivity index is 2.69. The molecule has 0 aliphatic heterocycles. The van der Waals surface area contributed by atoms with Crippen molar-refractivity contribution in [2.45, 2.75) is 24.1 Å². The van der Waals surface area contributed by atoms with E-state index in [9.17, 15) is 13.2 Å². The predicted octanol–water partition coefficient (Wildman–Crippen LogP) is 0.682. The number of nitrogens with one attached hydrogen (secondary N) is 2. The minimum absolute atomic E-state index is 0.0496. The fourth-order valence-electron chi connectivity index (χ4n) is 1.01. The van der Waals surface area contributed by atoms with Gasteiger partial charge in [-0.1, -0.05) is 6.92 Å². The second-order valence-corrected chi connectivity index (χ2v) is 6.34. The molecule has 1 heterocycles. The molecule has 1 aromatic heterocycles. The van der Waals surface area contributed by atoms with Crippen LogP contribution in [-0.2, 0) is 21.4 Å². The molecule has 0 aromatic carbocycles. The maximum Gasteiger partial charge on any atom is 0.249 e. The maximum atomic E-state index is 11.4. The van der Waals surface area contributed by atoms with Crippen LogP contribution in [0.25, 0.3) is 0 Å². The molecule has 0 radical (unpaired) electrons. The van der Waals surface area contributed by atoms with Gasteiger partial charge in [0.2, 0.25) is 15.9 Å². The summed E-state index contributed by atoms with van der Waals surface area (Å²) >= 11 is 1.15. The standard InChI is InChI=1S/C9H14N2O3S2/c1-3-8(12)11-6-7-4-5-9(15-7)16(13,14)10-2/h4-5,10H,3,6H2,1-2H3,(H,11,12). The molecular weight excluding hydrogens is 248 g/mol. The summed E-state index contributed by atoms with van der Waals surface area (Å²) < 4.78 is 25.3. The average Bonchev–Trinajstić information content (AvgIpc) is 2.75. The van der Waals surface area contributed by atoms with E-state index in [4.69, 9.17) is 0 Å². The zero-order chi connectivity index (χ0) is 12.2. The van der Waals surface area contributed by atoms with E-state index in [0.29, 0.717) is 13.0 Å². The van der Waals surface area contributed by atoms with Crippen molar-refractivity contribution in [3.05, 3.63) is 17.0 Å². The van der Waals surface area contributed by atoms with Crippen LogP contribution in [0, 0.1) is 0 Å². The molecule has 7 heteroatoms. The zero-order valence-corrected chi connectivity index (χ0v) is 10.7. The van der Waals surface area contributed by atoms with E-state index >= 15 is 0 Å². The monoisotopic (exact) mass is 262 g/mol. The fourth-order valence-corrected chi connectivity index (χ4v) is 3.14. The van der Waals surface area contributed by atoms with Crippen molar-refractivity contribution in [1.29, 1.82) is 0 Å². The summed E-state index contributed by atoms with van der Waals surface area (Å²) in [5.74, 6) is -0.0496. The first-order valence-electron chi connectivity index (χ1n) is 4.78.